The van der Waals surface area contributed by atoms with Crippen LogP contribution in [0.25, 0.3) is 0 Å². The molecule has 3 nitrogen and oxygen atoms in total. The molecule has 0 amide bonds. The van der Waals surface area contributed by atoms with Crippen molar-refractivity contribution < 1.29 is 9.53 Å². The molecule has 4 heteroatoms. The monoisotopic (exact) mass is 191 g/mol. The Morgan fingerprint density at radius 2 is 2.25 bits per heavy atom. The van der Waals surface area contributed by atoms with Gasteiger partial charge >= 0.3 is 5.30 Å². The Bertz CT molecular complexity index is 130. The Hall–Kier alpha value is -0.220. The molecule has 0 fully saturated rings. The van der Waals surface area contributed by atoms with Crippen LogP contribution in [0.3, 0.4) is 0 Å². The maximum atomic E-state index is 10.8. The van der Waals surface area contributed by atoms with Gasteiger partial charge in [0.2, 0.25) is 0 Å². The van der Waals surface area contributed by atoms with E-state index in [1.165, 1.54) is 0 Å². The molecule has 0 aromatic carbocycles. The summed E-state index contributed by atoms with van der Waals surface area (Å²) in [5, 5.41) is -0.218. The van der Waals surface area contributed by atoms with Crippen molar-refractivity contribution in [2.75, 3.05) is 12.4 Å². The van der Waals surface area contributed by atoms with Gasteiger partial charge in [0.25, 0.3) is 0 Å². The van der Waals surface area contributed by atoms with Gasteiger partial charge in [-0.25, -0.2) is 4.79 Å². The normalized spacial score (nSPS) is 12.6. The van der Waals surface area contributed by atoms with Crippen LogP contribution < -0.4 is 5.73 Å². The standard InChI is InChI=1S/C8H17NO2S/c1-3-5-7(9)6-12-8(10)11-4-2/h7H,3-6,9H2,1-2H3/t7-/m0/s1. The van der Waals surface area contributed by atoms with E-state index in [9.17, 15) is 4.79 Å². The lowest BCUT2D eigenvalue weighted by Crippen LogP contribution is -2.23. The highest BCUT2D eigenvalue weighted by Crippen LogP contribution is 2.08. The number of carbonyl (C=O) groups excluding carboxylic acids is 1. The highest BCUT2D eigenvalue weighted by Gasteiger charge is 2.06. The molecule has 0 aromatic heterocycles. The summed E-state index contributed by atoms with van der Waals surface area (Å²) in [6.07, 6.45) is 2.02. The van der Waals surface area contributed by atoms with Crippen molar-refractivity contribution >= 4 is 17.1 Å². The largest absolute Gasteiger partial charge is 0.458 e. The summed E-state index contributed by atoms with van der Waals surface area (Å²) < 4.78 is 4.74. The molecule has 0 saturated carbocycles. The molecule has 2 N–H and O–H groups in total. The second kappa shape index (κ2) is 7.43. The minimum atomic E-state index is -0.218. The van der Waals surface area contributed by atoms with Crippen LogP contribution in [0.5, 0.6) is 0 Å². The molecule has 0 spiro atoms. The molecule has 0 heterocycles. The molecule has 0 radical (unpaired) electrons. The molecule has 1 atom stereocenters. The lowest BCUT2D eigenvalue weighted by Gasteiger charge is -2.07. The van der Waals surface area contributed by atoms with Gasteiger partial charge < -0.3 is 10.5 Å². The number of rotatable bonds is 5. The predicted octanol–water partition coefficient (Wildman–Crippen LogP) is 2.00. The minimum absolute atomic E-state index is 0.115. The fourth-order valence-corrected chi connectivity index (χ4v) is 1.51. The van der Waals surface area contributed by atoms with E-state index in [4.69, 9.17) is 10.5 Å². The Morgan fingerprint density at radius 1 is 1.58 bits per heavy atom. The summed E-state index contributed by atoms with van der Waals surface area (Å²) in [6.45, 7) is 4.31. The minimum Gasteiger partial charge on any atom is -0.458 e. The Kier molecular flexibility index (Phi) is 7.29. The average Bonchev–Trinajstić information content (AvgIpc) is 2.02. The maximum absolute atomic E-state index is 10.8. The zero-order valence-corrected chi connectivity index (χ0v) is 8.52. The lowest BCUT2D eigenvalue weighted by molar-refractivity contribution is 0.181. The summed E-state index contributed by atoms with van der Waals surface area (Å²) in [6, 6.07) is 0.115. The van der Waals surface area contributed by atoms with Crippen molar-refractivity contribution in [2.45, 2.75) is 32.7 Å². The Morgan fingerprint density at radius 3 is 2.75 bits per heavy atom. The average molecular weight is 191 g/mol. The lowest BCUT2D eigenvalue weighted by atomic mass is 10.2. The summed E-state index contributed by atoms with van der Waals surface area (Å²) >= 11 is 1.16. The number of carbonyl (C=O) groups is 1. The van der Waals surface area contributed by atoms with Crippen LogP contribution in [0.15, 0.2) is 0 Å². The van der Waals surface area contributed by atoms with Crippen LogP contribution in [0.4, 0.5) is 4.79 Å². The predicted molar refractivity (Wildman–Crippen MR) is 52.4 cm³/mol. The smallest absolute Gasteiger partial charge is 0.367 e. The number of thioether (sulfide) groups is 1. The van der Waals surface area contributed by atoms with Gasteiger partial charge in [-0.1, -0.05) is 13.3 Å². The highest BCUT2D eigenvalue weighted by molar-refractivity contribution is 8.13. The summed E-state index contributed by atoms with van der Waals surface area (Å²) in [5.41, 5.74) is 5.70. The van der Waals surface area contributed by atoms with Gasteiger partial charge in [0.1, 0.15) is 0 Å². The van der Waals surface area contributed by atoms with Crippen LogP contribution in [0.1, 0.15) is 26.7 Å². The van der Waals surface area contributed by atoms with Gasteiger partial charge in [0.15, 0.2) is 0 Å². The van der Waals surface area contributed by atoms with Crippen LogP contribution >= 0.6 is 11.8 Å². The van der Waals surface area contributed by atoms with Crippen LogP contribution in [0.2, 0.25) is 0 Å². The first-order valence-electron chi connectivity index (χ1n) is 4.25. The van der Waals surface area contributed by atoms with Gasteiger partial charge in [0, 0.05) is 11.8 Å². The SMILES string of the molecule is CCC[C@H](N)CSC(=O)OCC. The Balaban J connectivity index is 3.33. The topological polar surface area (TPSA) is 52.3 Å². The van der Waals surface area contributed by atoms with Crippen molar-refractivity contribution in [1.29, 1.82) is 0 Å². The molecule has 0 aromatic rings. The molecular formula is C8H17NO2S. The third kappa shape index (κ3) is 6.49. The van der Waals surface area contributed by atoms with Crippen molar-refractivity contribution in [1.82, 2.24) is 0 Å². The van der Waals surface area contributed by atoms with Crippen molar-refractivity contribution in [3.05, 3.63) is 0 Å². The van der Waals surface area contributed by atoms with Crippen molar-refractivity contribution in [2.24, 2.45) is 5.73 Å². The second-order valence-corrected chi connectivity index (χ2v) is 3.50. The second-order valence-electron chi connectivity index (χ2n) is 2.54. The summed E-state index contributed by atoms with van der Waals surface area (Å²) in [4.78, 5) is 10.8. The maximum Gasteiger partial charge on any atom is 0.367 e. The molecule has 0 saturated heterocycles. The molecular weight excluding hydrogens is 174 g/mol. The van der Waals surface area contributed by atoms with Gasteiger partial charge in [-0.2, -0.15) is 0 Å². The summed E-state index contributed by atoms with van der Waals surface area (Å²) in [5.74, 6) is 0.659. The van der Waals surface area contributed by atoms with E-state index in [1.54, 1.807) is 6.92 Å². The van der Waals surface area contributed by atoms with Gasteiger partial charge in [-0.3, -0.25) is 0 Å². The first kappa shape index (κ1) is 11.8. The van der Waals surface area contributed by atoms with E-state index < -0.39 is 0 Å². The van der Waals surface area contributed by atoms with Gasteiger partial charge in [0.05, 0.1) is 6.61 Å². The molecule has 0 aliphatic heterocycles. The molecule has 0 rings (SSSR count). The molecule has 12 heavy (non-hydrogen) atoms. The summed E-state index contributed by atoms with van der Waals surface area (Å²) in [7, 11) is 0. The third-order valence-electron chi connectivity index (χ3n) is 1.34. The molecule has 0 aliphatic carbocycles. The van der Waals surface area contributed by atoms with Crippen molar-refractivity contribution in [3.63, 3.8) is 0 Å². The highest BCUT2D eigenvalue weighted by atomic mass is 32.2. The zero-order valence-electron chi connectivity index (χ0n) is 7.71. The number of ether oxygens (including phenoxy) is 1. The third-order valence-corrected chi connectivity index (χ3v) is 2.29. The first-order chi connectivity index (χ1) is 5.70. The fraction of sp³-hybridized carbons (Fsp3) is 0.875. The Labute approximate surface area is 78.0 Å². The van der Waals surface area contributed by atoms with E-state index in [1.807, 2.05) is 0 Å². The fourth-order valence-electron chi connectivity index (χ4n) is 0.789. The molecule has 0 bridgehead atoms. The first-order valence-corrected chi connectivity index (χ1v) is 5.24. The zero-order chi connectivity index (χ0) is 9.40. The van der Waals surface area contributed by atoms with E-state index in [-0.39, 0.29) is 11.3 Å². The number of hydrogen-bond acceptors (Lipinski definition) is 4. The van der Waals surface area contributed by atoms with Crippen molar-refractivity contribution in [3.8, 4) is 0 Å². The van der Waals surface area contributed by atoms with E-state index in [0.29, 0.717) is 12.4 Å². The van der Waals surface area contributed by atoms with E-state index in [2.05, 4.69) is 6.92 Å². The molecule has 0 aliphatic rings. The van der Waals surface area contributed by atoms with Crippen LogP contribution in [-0.4, -0.2) is 23.7 Å². The van der Waals surface area contributed by atoms with E-state index >= 15 is 0 Å². The number of nitrogens with two attached hydrogens (primary N) is 1. The molecule has 72 valence electrons. The van der Waals surface area contributed by atoms with Gasteiger partial charge in [-0.15, -0.1) is 0 Å². The van der Waals surface area contributed by atoms with E-state index in [0.717, 1.165) is 24.6 Å². The van der Waals surface area contributed by atoms with Crippen LogP contribution in [0, 0.1) is 0 Å². The van der Waals surface area contributed by atoms with Crippen LogP contribution in [-0.2, 0) is 4.74 Å². The van der Waals surface area contributed by atoms with Gasteiger partial charge in [-0.05, 0) is 25.1 Å². The number of hydrogen-bond donors (Lipinski definition) is 1. The molecule has 0 unspecified atom stereocenters. The quantitative estimate of drug-likeness (QED) is 0.675.